The van der Waals surface area contributed by atoms with E-state index < -0.39 is 29.5 Å². The molecule has 3 aromatic carbocycles. The molecule has 1 aromatic heterocycles. The molecule has 1 amide bonds. The number of aromatic nitrogens is 1. The molecule has 0 bridgehead atoms. The summed E-state index contributed by atoms with van der Waals surface area (Å²) in [5.74, 6) is -2.75. The highest BCUT2D eigenvalue weighted by Crippen LogP contribution is 2.43. The summed E-state index contributed by atoms with van der Waals surface area (Å²) in [6.45, 7) is 1.74. The standard InChI is InChI=1S/C31H27N3O5S/c1-18-29(40-30(32-18)21-7-5-4-6-8-21)27(37)25-26(20-11-15-22(16-12-20)33(2)3)34(31(39)28(25)38)23-13-9-19(10-14-23)17-24(35)36/h4-16,26,38H,17H2,1-3H3,(H,35,36). The maximum atomic E-state index is 14.1. The van der Waals surface area contributed by atoms with Gasteiger partial charge in [0.2, 0.25) is 5.78 Å². The molecule has 5 rings (SSSR count). The molecule has 0 spiro atoms. The van der Waals surface area contributed by atoms with Gasteiger partial charge in [-0.3, -0.25) is 19.3 Å². The summed E-state index contributed by atoms with van der Waals surface area (Å²) in [4.78, 5) is 47.0. The van der Waals surface area contributed by atoms with Crippen LogP contribution >= 0.6 is 11.3 Å². The van der Waals surface area contributed by atoms with Crippen LogP contribution in [0, 0.1) is 6.92 Å². The van der Waals surface area contributed by atoms with Gasteiger partial charge in [-0.2, -0.15) is 0 Å². The predicted molar refractivity (Wildman–Crippen MR) is 155 cm³/mol. The number of hydrogen-bond donors (Lipinski definition) is 2. The van der Waals surface area contributed by atoms with Crippen molar-refractivity contribution in [1.29, 1.82) is 0 Å². The molecule has 0 saturated carbocycles. The largest absolute Gasteiger partial charge is 0.503 e. The molecule has 8 nitrogen and oxygen atoms in total. The molecule has 0 fully saturated rings. The lowest BCUT2D eigenvalue weighted by atomic mass is 9.94. The second-order valence-corrected chi connectivity index (χ2v) is 10.7. The van der Waals surface area contributed by atoms with Gasteiger partial charge in [-0.05, 0) is 42.3 Å². The number of aliphatic carboxylic acids is 1. The number of aryl methyl sites for hydroxylation is 1. The molecule has 202 valence electrons. The maximum absolute atomic E-state index is 14.1. The van der Waals surface area contributed by atoms with E-state index in [1.807, 2.05) is 73.6 Å². The Labute approximate surface area is 235 Å². The summed E-state index contributed by atoms with van der Waals surface area (Å²) in [7, 11) is 3.83. The van der Waals surface area contributed by atoms with E-state index >= 15 is 0 Å². The van der Waals surface area contributed by atoms with Crippen LogP contribution in [0.2, 0.25) is 0 Å². The minimum atomic E-state index is -0.967. The Morgan fingerprint density at radius 1 is 0.975 bits per heavy atom. The van der Waals surface area contributed by atoms with Gasteiger partial charge >= 0.3 is 5.97 Å². The fraction of sp³-hybridized carbons (Fsp3) is 0.161. The van der Waals surface area contributed by atoms with Crippen LogP contribution in [0.15, 0.2) is 90.2 Å². The number of benzene rings is 3. The number of thiazole rings is 1. The quantitative estimate of drug-likeness (QED) is 0.274. The van der Waals surface area contributed by atoms with Gasteiger partial charge in [-0.25, -0.2) is 4.98 Å². The lowest BCUT2D eigenvalue weighted by molar-refractivity contribution is -0.136. The minimum absolute atomic E-state index is 0.0245. The Hall–Kier alpha value is -4.76. The molecular weight excluding hydrogens is 526 g/mol. The number of amides is 1. The average molecular weight is 554 g/mol. The number of hydrogen-bond acceptors (Lipinski definition) is 7. The van der Waals surface area contributed by atoms with Gasteiger partial charge in [0.05, 0.1) is 28.6 Å². The zero-order chi connectivity index (χ0) is 28.6. The fourth-order valence-electron chi connectivity index (χ4n) is 4.76. The van der Waals surface area contributed by atoms with Crippen LogP contribution in [0.3, 0.4) is 0 Å². The Bertz CT molecular complexity index is 1620. The SMILES string of the molecule is Cc1nc(-c2ccccc2)sc1C(=O)C1=C(O)C(=O)N(c2ccc(CC(=O)O)cc2)C1c1ccc(N(C)C)cc1. The molecule has 40 heavy (non-hydrogen) atoms. The molecule has 1 unspecified atom stereocenters. The third-order valence-corrected chi connectivity index (χ3v) is 7.98. The fourth-order valence-corrected chi connectivity index (χ4v) is 5.78. The number of carbonyl (C=O) groups excluding carboxylic acids is 2. The zero-order valence-electron chi connectivity index (χ0n) is 22.2. The van der Waals surface area contributed by atoms with E-state index in [2.05, 4.69) is 4.98 Å². The molecule has 1 aliphatic heterocycles. The highest BCUT2D eigenvalue weighted by Gasteiger charge is 2.45. The van der Waals surface area contributed by atoms with E-state index in [1.54, 1.807) is 31.2 Å². The monoisotopic (exact) mass is 553 g/mol. The first kappa shape index (κ1) is 26.8. The van der Waals surface area contributed by atoms with Gasteiger partial charge in [-0.1, -0.05) is 54.6 Å². The van der Waals surface area contributed by atoms with E-state index in [1.165, 1.54) is 16.2 Å². The molecule has 2 heterocycles. The highest BCUT2D eigenvalue weighted by atomic mass is 32.1. The van der Waals surface area contributed by atoms with Crippen LogP contribution in [0.1, 0.15) is 32.5 Å². The van der Waals surface area contributed by atoms with Crippen molar-refractivity contribution in [2.75, 3.05) is 23.9 Å². The first-order valence-electron chi connectivity index (χ1n) is 12.6. The topological polar surface area (TPSA) is 111 Å². The number of Topliss-reactive ketones (excluding diaryl/α,β-unsaturated/α-hetero) is 1. The summed E-state index contributed by atoms with van der Waals surface area (Å²) in [6, 6.07) is 22.6. The van der Waals surface area contributed by atoms with Crippen molar-refractivity contribution in [3.63, 3.8) is 0 Å². The molecule has 1 atom stereocenters. The van der Waals surface area contributed by atoms with Crippen molar-refractivity contribution in [1.82, 2.24) is 4.98 Å². The predicted octanol–water partition coefficient (Wildman–Crippen LogP) is 5.59. The van der Waals surface area contributed by atoms with Gasteiger partial charge in [0.15, 0.2) is 5.76 Å². The van der Waals surface area contributed by atoms with Crippen molar-refractivity contribution < 1.29 is 24.6 Å². The molecule has 1 aliphatic rings. The number of anilines is 2. The van der Waals surface area contributed by atoms with Crippen LogP contribution in [0.5, 0.6) is 0 Å². The molecular formula is C31H27N3O5S. The molecule has 0 saturated heterocycles. The van der Waals surface area contributed by atoms with Crippen LogP contribution in [0.25, 0.3) is 10.6 Å². The lowest BCUT2D eigenvalue weighted by Gasteiger charge is -2.27. The molecule has 0 radical (unpaired) electrons. The number of rotatable bonds is 8. The third-order valence-electron chi connectivity index (χ3n) is 6.77. The normalized spacial score (nSPS) is 15.0. The second kappa shape index (κ2) is 10.8. The molecule has 2 N–H and O–H groups in total. The van der Waals surface area contributed by atoms with Gasteiger partial charge in [-0.15, -0.1) is 11.3 Å². The molecule has 9 heteroatoms. The summed E-state index contributed by atoms with van der Waals surface area (Å²) >= 11 is 1.22. The van der Waals surface area contributed by atoms with Crippen molar-refractivity contribution >= 4 is 40.4 Å². The van der Waals surface area contributed by atoms with E-state index in [9.17, 15) is 19.5 Å². The Morgan fingerprint density at radius 3 is 2.23 bits per heavy atom. The summed E-state index contributed by atoms with van der Waals surface area (Å²) in [6.07, 6.45) is -0.161. The third kappa shape index (κ3) is 4.99. The highest BCUT2D eigenvalue weighted by molar-refractivity contribution is 7.17. The Balaban J connectivity index is 1.60. The van der Waals surface area contributed by atoms with Crippen molar-refractivity contribution in [2.24, 2.45) is 0 Å². The number of carboxylic acids is 1. The summed E-state index contributed by atoms with van der Waals surface area (Å²) in [5, 5.41) is 20.9. The van der Waals surface area contributed by atoms with E-state index in [4.69, 9.17) is 5.11 Å². The summed E-state index contributed by atoms with van der Waals surface area (Å²) < 4.78 is 0. The Kier molecular flexibility index (Phi) is 7.23. The zero-order valence-corrected chi connectivity index (χ0v) is 23.0. The first-order chi connectivity index (χ1) is 19.2. The van der Waals surface area contributed by atoms with Crippen molar-refractivity contribution in [3.05, 3.63) is 112 Å². The Morgan fingerprint density at radius 2 is 1.62 bits per heavy atom. The van der Waals surface area contributed by atoms with Crippen LogP contribution in [-0.4, -0.2) is 47.0 Å². The van der Waals surface area contributed by atoms with Crippen LogP contribution in [-0.2, 0) is 16.0 Å². The van der Waals surface area contributed by atoms with E-state index in [0.717, 1.165) is 11.3 Å². The molecule has 0 aliphatic carbocycles. The number of carboxylic acid groups (broad SMARTS) is 1. The van der Waals surface area contributed by atoms with Gasteiger partial charge in [0, 0.05) is 31.0 Å². The first-order valence-corrected chi connectivity index (χ1v) is 13.4. The van der Waals surface area contributed by atoms with E-state index in [0.29, 0.717) is 32.4 Å². The number of aliphatic hydroxyl groups is 1. The van der Waals surface area contributed by atoms with Gasteiger partial charge < -0.3 is 15.1 Å². The van der Waals surface area contributed by atoms with Crippen molar-refractivity contribution in [3.8, 4) is 10.6 Å². The van der Waals surface area contributed by atoms with Crippen molar-refractivity contribution in [2.45, 2.75) is 19.4 Å². The van der Waals surface area contributed by atoms with Gasteiger partial charge in [0.25, 0.3) is 5.91 Å². The smallest absolute Gasteiger partial charge is 0.307 e. The maximum Gasteiger partial charge on any atom is 0.307 e. The molecule has 4 aromatic rings. The second-order valence-electron chi connectivity index (χ2n) is 9.69. The average Bonchev–Trinajstić information content (AvgIpc) is 3.46. The number of aliphatic hydroxyl groups excluding tert-OH is 1. The minimum Gasteiger partial charge on any atom is -0.503 e. The number of nitrogens with zero attached hydrogens (tertiary/aromatic N) is 3. The van der Waals surface area contributed by atoms with Crippen LogP contribution in [0.4, 0.5) is 11.4 Å². The number of carbonyl (C=O) groups is 3. The summed E-state index contributed by atoms with van der Waals surface area (Å²) in [5.41, 5.74) is 3.94. The lowest BCUT2D eigenvalue weighted by Crippen LogP contribution is -2.31. The van der Waals surface area contributed by atoms with E-state index in [-0.39, 0.29) is 12.0 Å². The van der Waals surface area contributed by atoms with Gasteiger partial charge in [0.1, 0.15) is 5.01 Å². The van der Waals surface area contributed by atoms with Crippen LogP contribution < -0.4 is 9.80 Å². The number of ketones is 1.